The summed E-state index contributed by atoms with van der Waals surface area (Å²) >= 11 is 0. The summed E-state index contributed by atoms with van der Waals surface area (Å²) in [6.45, 7) is 4.55. The number of hydrogen-bond donors (Lipinski definition) is 0. The molecule has 0 aromatic rings. The molecule has 16 heavy (non-hydrogen) atoms. The molecule has 0 N–H and O–H groups in total. The summed E-state index contributed by atoms with van der Waals surface area (Å²) in [5, 5.41) is 0. The van der Waals surface area contributed by atoms with E-state index < -0.39 is 10.4 Å². The van der Waals surface area contributed by atoms with Gasteiger partial charge in [0.05, 0.1) is 13.2 Å². The number of unbranched alkanes of at least 4 members (excludes halogenated alkanes) is 4. The molecule has 0 aromatic heterocycles. The summed E-state index contributed by atoms with van der Waals surface area (Å²) in [4.78, 5) is 0. The van der Waals surface area contributed by atoms with E-state index in [0.717, 1.165) is 38.5 Å². The number of hydrogen-bond acceptors (Lipinski definition) is 4. The first-order valence-corrected chi connectivity index (χ1v) is 6.99. The average molecular weight is 262 g/mol. The minimum atomic E-state index is -3.74. The van der Waals surface area contributed by atoms with Gasteiger partial charge in [-0.1, -0.05) is 39.5 Å². The third kappa shape index (κ3) is 12.9. The van der Waals surface area contributed by atoms with Gasteiger partial charge in [0, 0.05) is 0 Å². The Kier molecular flexibility index (Phi) is 14.8. The molecular formula is C10H23NaO4S. The molecule has 0 fully saturated rings. The largest absolute Gasteiger partial charge is 1.00 e. The van der Waals surface area contributed by atoms with Gasteiger partial charge in [-0.2, -0.15) is 8.42 Å². The van der Waals surface area contributed by atoms with E-state index in [1.807, 2.05) is 0 Å². The van der Waals surface area contributed by atoms with Crippen LogP contribution in [0.25, 0.3) is 0 Å². The van der Waals surface area contributed by atoms with Crippen molar-refractivity contribution in [3.8, 4) is 0 Å². The van der Waals surface area contributed by atoms with Gasteiger partial charge in [0.2, 0.25) is 0 Å². The van der Waals surface area contributed by atoms with E-state index >= 15 is 0 Å². The van der Waals surface area contributed by atoms with Crippen LogP contribution in [-0.4, -0.2) is 21.6 Å². The van der Waals surface area contributed by atoms with E-state index in [2.05, 4.69) is 22.2 Å². The van der Waals surface area contributed by atoms with Gasteiger partial charge in [-0.3, -0.25) is 0 Å². The fourth-order valence-corrected chi connectivity index (χ4v) is 1.77. The van der Waals surface area contributed by atoms with Crippen molar-refractivity contribution >= 4 is 10.4 Å². The van der Waals surface area contributed by atoms with Crippen molar-refractivity contribution in [1.82, 2.24) is 0 Å². The standard InChI is InChI=1S/C10H22O4S.Na.H/c1-3-5-7-9-13-15(11,12)14-10-8-6-4-2;;/h3-10H2,1-2H3;;/q;+1;-1. The predicted octanol–water partition coefficient (Wildman–Crippen LogP) is -0.239. The summed E-state index contributed by atoms with van der Waals surface area (Å²) in [5.41, 5.74) is 0. The zero-order valence-electron chi connectivity index (χ0n) is 11.7. The van der Waals surface area contributed by atoms with Gasteiger partial charge in [0.1, 0.15) is 0 Å². The Balaban J connectivity index is -0.000000980. The number of rotatable bonds is 10. The second-order valence-electron chi connectivity index (χ2n) is 3.47. The van der Waals surface area contributed by atoms with Crippen molar-refractivity contribution in [1.29, 1.82) is 0 Å². The van der Waals surface area contributed by atoms with Crippen LogP contribution in [0.1, 0.15) is 53.8 Å². The van der Waals surface area contributed by atoms with Gasteiger partial charge >= 0.3 is 40.0 Å². The Morgan fingerprint density at radius 2 is 1.25 bits per heavy atom. The van der Waals surface area contributed by atoms with Gasteiger partial charge in [0.15, 0.2) is 0 Å². The van der Waals surface area contributed by atoms with E-state index in [1.54, 1.807) is 0 Å². The van der Waals surface area contributed by atoms with Crippen molar-refractivity contribution in [2.24, 2.45) is 0 Å². The van der Waals surface area contributed by atoms with Crippen LogP contribution < -0.4 is 29.6 Å². The Labute approximate surface area is 123 Å². The summed E-state index contributed by atoms with van der Waals surface area (Å²) in [6.07, 6.45) is 5.56. The van der Waals surface area contributed by atoms with Crippen molar-refractivity contribution < 1.29 is 47.8 Å². The van der Waals surface area contributed by atoms with E-state index in [9.17, 15) is 8.42 Å². The molecule has 6 heteroatoms. The fourth-order valence-electron chi connectivity index (χ4n) is 1.06. The Hall–Kier alpha value is 0.870. The Morgan fingerprint density at radius 3 is 1.56 bits per heavy atom. The fraction of sp³-hybridized carbons (Fsp3) is 1.00. The normalized spacial score (nSPS) is 11.1. The van der Waals surface area contributed by atoms with Crippen LogP contribution >= 0.6 is 0 Å². The van der Waals surface area contributed by atoms with Crippen molar-refractivity contribution in [2.45, 2.75) is 52.4 Å². The van der Waals surface area contributed by atoms with Crippen molar-refractivity contribution in [3.05, 3.63) is 0 Å². The molecule has 0 bridgehead atoms. The maximum Gasteiger partial charge on any atom is 1.00 e. The average Bonchev–Trinajstić information content (AvgIpc) is 2.20. The quantitative estimate of drug-likeness (QED) is 0.403. The zero-order chi connectivity index (χ0) is 11.6. The molecule has 0 radical (unpaired) electrons. The molecule has 0 rings (SSSR count). The Morgan fingerprint density at radius 1 is 0.875 bits per heavy atom. The maximum atomic E-state index is 11.1. The third-order valence-corrected chi connectivity index (χ3v) is 2.86. The molecule has 0 spiro atoms. The van der Waals surface area contributed by atoms with Crippen LogP contribution in [0.2, 0.25) is 0 Å². The van der Waals surface area contributed by atoms with Crippen molar-refractivity contribution in [3.63, 3.8) is 0 Å². The molecule has 0 aromatic carbocycles. The topological polar surface area (TPSA) is 52.6 Å². The van der Waals surface area contributed by atoms with Crippen LogP contribution in [-0.2, 0) is 18.8 Å². The van der Waals surface area contributed by atoms with E-state index in [-0.39, 0.29) is 44.2 Å². The van der Waals surface area contributed by atoms with Gasteiger partial charge in [-0.15, -0.1) is 0 Å². The molecule has 0 aliphatic rings. The SMILES string of the molecule is CCCCCOS(=O)(=O)OCCCCC.[H-].[Na+]. The Bertz CT molecular complexity index is 216. The zero-order valence-corrected chi connectivity index (χ0v) is 13.5. The first-order valence-electron chi connectivity index (χ1n) is 5.66. The molecule has 0 saturated heterocycles. The molecule has 0 heterocycles. The van der Waals surface area contributed by atoms with Crippen LogP contribution in [0.5, 0.6) is 0 Å². The molecule has 0 unspecified atom stereocenters. The summed E-state index contributed by atoms with van der Waals surface area (Å²) in [5.74, 6) is 0. The van der Waals surface area contributed by atoms with Crippen LogP contribution in [0.3, 0.4) is 0 Å². The molecule has 94 valence electrons. The van der Waals surface area contributed by atoms with Crippen LogP contribution in [0, 0.1) is 0 Å². The molecular weight excluding hydrogens is 239 g/mol. The summed E-state index contributed by atoms with van der Waals surface area (Å²) in [7, 11) is -3.74. The predicted molar refractivity (Wildman–Crippen MR) is 61.0 cm³/mol. The maximum absolute atomic E-state index is 11.1. The smallest absolute Gasteiger partial charge is 1.00 e. The summed E-state index contributed by atoms with van der Waals surface area (Å²) < 4.78 is 31.5. The second-order valence-corrected chi connectivity index (χ2v) is 4.75. The van der Waals surface area contributed by atoms with Crippen LogP contribution in [0.15, 0.2) is 0 Å². The minimum Gasteiger partial charge on any atom is -1.00 e. The van der Waals surface area contributed by atoms with Gasteiger partial charge < -0.3 is 1.43 Å². The third-order valence-electron chi connectivity index (χ3n) is 1.95. The van der Waals surface area contributed by atoms with Crippen molar-refractivity contribution in [2.75, 3.05) is 13.2 Å². The second kappa shape index (κ2) is 12.3. The molecule has 0 saturated carbocycles. The van der Waals surface area contributed by atoms with Gasteiger partial charge in [-0.25, -0.2) is 8.37 Å². The van der Waals surface area contributed by atoms with E-state index in [1.165, 1.54) is 0 Å². The van der Waals surface area contributed by atoms with Gasteiger partial charge in [0.25, 0.3) is 0 Å². The van der Waals surface area contributed by atoms with Crippen LogP contribution in [0.4, 0.5) is 0 Å². The minimum absolute atomic E-state index is 0. The monoisotopic (exact) mass is 262 g/mol. The molecule has 0 amide bonds. The summed E-state index contributed by atoms with van der Waals surface area (Å²) in [6, 6.07) is 0. The molecule has 0 atom stereocenters. The first-order chi connectivity index (χ1) is 7.12. The molecule has 0 aliphatic carbocycles. The van der Waals surface area contributed by atoms with E-state index in [4.69, 9.17) is 0 Å². The first kappa shape index (κ1) is 19.2. The molecule has 0 aliphatic heterocycles. The van der Waals surface area contributed by atoms with E-state index in [0.29, 0.717) is 0 Å². The van der Waals surface area contributed by atoms with Gasteiger partial charge in [-0.05, 0) is 12.8 Å². The molecule has 4 nitrogen and oxygen atoms in total.